The highest BCUT2D eigenvalue weighted by molar-refractivity contribution is 6.05. The Morgan fingerprint density at radius 2 is 1.81 bits per heavy atom. The van der Waals surface area contributed by atoms with Crippen LogP contribution in [0.1, 0.15) is 40.9 Å². The van der Waals surface area contributed by atoms with Gasteiger partial charge in [0.1, 0.15) is 5.75 Å². The number of aromatic nitrogens is 1. The van der Waals surface area contributed by atoms with E-state index in [0.29, 0.717) is 22.2 Å². The third-order valence-electron chi connectivity index (χ3n) is 4.66. The van der Waals surface area contributed by atoms with Crippen molar-refractivity contribution in [2.75, 3.05) is 0 Å². The van der Waals surface area contributed by atoms with E-state index < -0.39 is 29.4 Å². The fraction of sp³-hybridized carbons (Fsp3) is 0.200. The number of phenolic OH excluding ortho intramolecular Hbond substituents is 1. The summed E-state index contributed by atoms with van der Waals surface area (Å²) in [7, 11) is 0. The van der Waals surface area contributed by atoms with E-state index in [2.05, 4.69) is 0 Å². The molecular weight excluding hydrogens is 356 g/mol. The van der Waals surface area contributed by atoms with Gasteiger partial charge in [-0.25, -0.2) is 8.78 Å². The van der Waals surface area contributed by atoms with Gasteiger partial charge in [0.2, 0.25) is 0 Å². The lowest BCUT2D eigenvalue weighted by molar-refractivity contribution is -0.138. The minimum absolute atomic E-state index is 0.0681. The van der Waals surface area contributed by atoms with Crippen molar-refractivity contribution in [1.82, 2.24) is 4.57 Å². The molecule has 140 valence electrons. The SMILES string of the molecule is CCC(C(=O)O)c1c(C)n(C(=O)c2ccc(F)c(F)c2)c2ccc(O)cc12. The molecule has 0 spiro atoms. The molecule has 0 aliphatic rings. The number of carbonyl (C=O) groups is 2. The van der Waals surface area contributed by atoms with Crippen molar-refractivity contribution >= 4 is 22.8 Å². The number of carboxylic acids is 1. The van der Waals surface area contributed by atoms with Crippen molar-refractivity contribution in [1.29, 1.82) is 0 Å². The number of halogens is 2. The standard InChI is InChI=1S/C20H17F2NO4/c1-3-13(20(26)27)18-10(2)23(17-7-5-12(24)9-14(17)18)19(25)11-4-6-15(21)16(22)8-11/h4-9,13,24H,3H2,1-2H3,(H,26,27). The van der Waals surface area contributed by atoms with E-state index in [1.165, 1.54) is 28.8 Å². The molecule has 7 heteroatoms. The minimum Gasteiger partial charge on any atom is -0.508 e. The third-order valence-corrected chi connectivity index (χ3v) is 4.66. The molecule has 1 unspecified atom stereocenters. The minimum atomic E-state index is -1.15. The summed E-state index contributed by atoms with van der Waals surface area (Å²) in [4.78, 5) is 24.7. The average molecular weight is 373 g/mol. The van der Waals surface area contributed by atoms with Crippen LogP contribution in [0.3, 0.4) is 0 Å². The van der Waals surface area contributed by atoms with E-state index in [1.807, 2.05) is 0 Å². The number of rotatable bonds is 4. The van der Waals surface area contributed by atoms with Gasteiger partial charge in [-0.15, -0.1) is 0 Å². The summed E-state index contributed by atoms with van der Waals surface area (Å²) < 4.78 is 28.0. The molecule has 3 rings (SSSR count). The Balaban J connectivity index is 2.30. The Morgan fingerprint density at radius 1 is 1.11 bits per heavy atom. The number of carbonyl (C=O) groups excluding carboxylic acids is 1. The van der Waals surface area contributed by atoms with Crippen LogP contribution in [0, 0.1) is 18.6 Å². The van der Waals surface area contributed by atoms with Gasteiger partial charge in [0.25, 0.3) is 5.91 Å². The number of hydrogen-bond donors (Lipinski definition) is 2. The maximum atomic E-state index is 13.6. The zero-order valence-electron chi connectivity index (χ0n) is 14.7. The molecular formula is C20H17F2NO4. The van der Waals surface area contributed by atoms with E-state index in [1.54, 1.807) is 13.8 Å². The Kier molecular flexibility index (Phi) is 4.70. The molecule has 0 saturated carbocycles. The number of aliphatic carboxylic acids is 1. The quantitative estimate of drug-likeness (QED) is 0.718. The summed E-state index contributed by atoms with van der Waals surface area (Å²) in [5, 5.41) is 19.8. The fourth-order valence-corrected chi connectivity index (χ4v) is 3.39. The van der Waals surface area contributed by atoms with Crippen LogP contribution in [-0.2, 0) is 4.79 Å². The van der Waals surface area contributed by atoms with Crippen LogP contribution < -0.4 is 0 Å². The van der Waals surface area contributed by atoms with Crippen LogP contribution in [0.25, 0.3) is 10.9 Å². The van der Waals surface area contributed by atoms with Crippen LogP contribution in [0.5, 0.6) is 5.75 Å². The van der Waals surface area contributed by atoms with E-state index in [-0.39, 0.29) is 17.7 Å². The first kappa shape index (κ1) is 18.6. The van der Waals surface area contributed by atoms with Crippen molar-refractivity contribution in [2.45, 2.75) is 26.2 Å². The number of carboxylic acid groups (broad SMARTS) is 1. The monoisotopic (exact) mass is 373 g/mol. The van der Waals surface area contributed by atoms with Gasteiger partial charge in [-0.3, -0.25) is 14.2 Å². The second-order valence-corrected chi connectivity index (χ2v) is 6.27. The summed E-state index contributed by atoms with van der Waals surface area (Å²) in [6.07, 6.45) is 0.282. The van der Waals surface area contributed by atoms with Gasteiger partial charge >= 0.3 is 5.97 Å². The first-order valence-electron chi connectivity index (χ1n) is 8.32. The maximum Gasteiger partial charge on any atom is 0.311 e. The molecule has 0 radical (unpaired) electrons. The van der Waals surface area contributed by atoms with Gasteiger partial charge in [-0.05, 0) is 55.3 Å². The highest BCUT2D eigenvalue weighted by atomic mass is 19.2. The molecule has 0 fully saturated rings. The van der Waals surface area contributed by atoms with E-state index in [4.69, 9.17) is 0 Å². The van der Waals surface area contributed by atoms with Crippen molar-refractivity contribution in [2.24, 2.45) is 0 Å². The van der Waals surface area contributed by atoms with Crippen molar-refractivity contribution in [3.05, 3.63) is 64.9 Å². The maximum absolute atomic E-state index is 13.6. The van der Waals surface area contributed by atoms with E-state index >= 15 is 0 Å². The lowest BCUT2D eigenvalue weighted by Crippen LogP contribution is -2.16. The summed E-state index contributed by atoms with van der Waals surface area (Å²) in [6.45, 7) is 3.30. The predicted molar refractivity (Wildman–Crippen MR) is 95.1 cm³/mol. The van der Waals surface area contributed by atoms with Gasteiger partial charge in [0.05, 0.1) is 11.4 Å². The second kappa shape index (κ2) is 6.83. The Labute approximate surface area is 153 Å². The van der Waals surface area contributed by atoms with Gasteiger partial charge < -0.3 is 10.2 Å². The van der Waals surface area contributed by atoms with Crippen LogP contribution in [0.15, 0.2) is 36.4 Å². The highest BCUT2D eigenvalue weighted by Gasteiger charge is 2.28. The summed E-state index contributed by atoms with van der Waals surface area (Å²) in [5.41, 5.74) is 1.10. The van der Waals surface area contributed by atoms with Crippen LogP contribution in [0.2, 0.25) is 0 Å². The Bertz CT molecular complexity index is 1070. The summed E-state index contributed by atoms with van der Waals surface area (Å²) >= 11 is 0. The number of phenols is 1. The topological polar surface area (TPSA) is 79.5 Å². The number of hydrogen-bond acceptors (Lipinski definition) is 3. The lowest BCUT2D eigenvalue weighted by atomic mass is 9.94. The van der Waals surface area contributed by atoms with Crippen LogP contribution in [0.4, 0.5) is 8.78 Å². The number of aromatic hydroxyl groups is 1. The Hall–Kier alpha value is -3.22. The van der Waals surface area contributed by atoms with Crippen molar-refractivity contribution < 1.29 is 28.6 Å². The molecule has 1 heterocycles. The van der Waals surface area contributed by atoms with Gasteiger partial charge in [-0.2, -0.15) is 0 Å². The zero-order valence-corrected chi connectivity index (χ0v) is 14.7. The number of benzene rings is 2. The van der Waals surface area contributed by atoms with Gasteiger partial charge in [0, 0.05) is 16.6 Å². The zero-order chi connectivity index (χ0) is 19.9. The largest absolute Gasteiger partial charge is 0.508 e. The molecule has 0 amide bonds. The first-order chi connectivity index (χ1) is 12.8. The molecule has 0 saturated heterocycles. The summed E-state index contributed by atoms with van der Waals surface area (Å²) in [6, 6.07) is 7.11. The van der Waals surface area contributed by atoms with Gasteiger partial charge in [0.15, 0.2) is 11.6 Å². The molecule has 0 aliphatic carbocycles. The molecule has 1 atom stereocenters. The number of nitrogens with zero attached hydrogens (tertiary/aromatic N) is 1. The van der Waals surface area contributed by atoms with E-state index in [9.17, 15) is 28.6 Å². The van der Waals surface area contributed by atoms with Crippen molar-refractivity contribution in [3.8, 4) is 5.75 Å². The molecule has 0 bridgehead atoms. The van der Waals surface area contributed by atoms with E-state index in [0.717, 1.165) is 12.1 Å². The molecule has 27 heavy (non-hydrogen) atoms. The van der Waals surface area contributed by atoms with Gasteiger partial charge in [-0.1, -0.05) is 6.92 Å². The first-order valence-corrected chi connectivity index (χ1v) is 8.32. The fourth-order valence-electron chi connectivity index (χ4n) is 3.39. The molecule has 3 aromatic rings. The normalized spacial score (nSPS) is 12.3. The summed E-state index contributed by atoms with van der Waals surface area (Å²) in [5.74, 6) is -4.83. The molecule has 0 aliphatic heterocycles. The lowest BCUT2D eigenvalue weighted by Gasteiger charge is -2.12. The molecule has 1 aromatic heterocycles. The highest BCUT2D eigenvalue weighted by Crippen LogP contribution is 2.36. The average Bonchev–Trinajstić information content (AvgIpc) is 2.89. The molecule has 2 N–H and O–H groups in total. The van der Waals surface area contributed by atoms with Crippen LogP contribution in [-0.4, -0.2) is 26.7 Å². The molecule has 5 nitrogen and oxygen atoms in total. The smallest absolute Gasteiger partial charge is 0.311 e. The number of fused-ring (bicyclic) bond motifs is 1. The van der Waals surface area contributed by atoms with Crippen molar-refractivity contribution in [3.63, 3.8) is 0 Å². The predicted octanol–water partition coefficient (Wildman–Crippen LogP) is 4.20. The molecule has 2 aromatic carbocycles. The Morgan fingerprint density at radius 3 is 2.41 bits per heavy atom. The third kappa shape index (κ3) is 3.05. The second-order valence-electron chi connectivity index (χ2n) is 6.27. The van der Waals surface area contributed by atoms with Crippen LogP contribution >= 0.6 is 0 Å².